The highest BCUT2D eigenvalue weighted by atomic mass is 19.2. The predicted octanol–water partition coefficient (Wildman–Crippen LogP) is 2.42. The first kappa shape index (κ1) is 14.5. The van der Waals surface area contributed by atoms with E-state index in [-0.39, 0.29) is 18.0 Å². The van der Waals surface area contributed by atoms with E-state index in [1.807, 2.05) is 6.92 Å². The molecule has 100 valence electrons. The normalized spacial score (nSPS) is 12.3. The van der Waals surface area contributed by atoms with Crippen LogP contribution in [0.4, 0.5) is 18.9 Å². The summed E-state index contributed by atoms with van der Waals surface area (Å²) in [6.07, 6.45) is 0.699. The first-order chi connectivity index (χ1) is 8.43. The van der Waals surface area contributed by atoms with Gasteiger partial charge in [0.15, 0.2) is 11.6 Å². The Morgan fingerprint density at radius 3 is 2.50 bits per heavy atom. The molecule has 0 saturated carbocycles. The van der Waals surface area contributed by atoms with Crippen LogP contribution in [0.2, 0.25) is 0 Å². The van der Waals surface area contributed by atoms with Gasteiger partial charge in [0, 0.05) is 18.6 Å². The number of carbonyl (C=O) groups excluding carboxylic acids is 1. The maximum Gasteiger partial charge on any atom is 0.224 e. The fourth-order valence-corrected chi connectivity index (χ4v) is 1.33. The number of nitrogens with two attached hydrogens (primary N) is 1. The van der Waals surface area contributed by atoms with Gasteiger partial charge in [-0.1, -0.05) is 6.92 Å². The molecule has 3 nitrogen and oxygen atoms in total. The fraction of sp³-hybridized carbons (Fsp3) is 0.417. The molecule has 0 aliphatic carbocycles. The van der Waals surface area contributed by atoms with Gasteiger partial charge in [-0.3, -0.25) is 4.79 Å². The van der Waals surface area contributed by atoms with Gasteiger partial charge >= 0.3 is 0 Å². The molecule has 18 heavy (non-hydrogen) atoms. The topological polar surface area (TPSA) is 55.1 Å². The molecule has 0 saturated heterocycles. The van der Waals surface area contributed by atoms with Crippen LogP contribution < -0.4 is 11.1 Å². The molecule has 0 fully saturated rings. The van der Waals surface area contributed by atoms with Crippen molar-refractivity contribution < 1.29 is 18.0 Å². The van der Waals surface area contributed by atoms with Crippen LogP contribution in [0.5, 0.6) is 0 Å². The van der Waals surface area contributed by atoms with E-state index < -0.39 is 23.4 Å². The first-order valence-electron chi connectivity index (χ1n) is 5.58. The van der Waals surface area contributed by atoms with E-state index in [9.17, 15) is 18.0 Å². The summed E-state index contributed by atoms with van der Waals surface area (Å²) in [5, 5.41) is 2.20. The summed E-state index contributed by atoms with van der Waals surface area (Å²) in [5.41, 5.74) is 5.03. The molecule has 1 aromatic carbocycles. The number of rotatable bonds is 5. The summed E-state index contributed by atoms with van der Waals surface area (Å²) >= 11 is 0. The minimum atomic E-state index is -1.29. The highest BCUT2D eigenvalue weighted by molar-refractivity contribution is 5.90. The van der Waals surface area contributed by atoms with Crippen LogP contribution in [0.1, 0.15) is 19.8 Å². The molecule has 0 spiro atoms. The molecular formula is C12H15F3N2O. The number of hydrogen-bond acceptors (Lipinski definition) is 2. The van der Waals surface area contributed by atoms with E-state index in [1.54, 1.807) is 0 Å². The highest BCUT2D eigenvalue weighted by Crippen LogP contribution is 2.18. The quantitative estimate of drug-likeness (QED) is 0.799. The molecule has 0 radical (unpaired) electrons. The second-order valence-electron chi connectivity index (χ2n) is 4.17. The lowest BCUT2D eigenvalue weighted by molar-refractivity contribution is -0.116. The Bertz CT molecular complexity index is 438. The monoisotopic (exact) mass is 260 g/mol. The highest BCUT2D eigenvalue weighted by Gasteiger charge is 2.12. The second-order valence-corrected chi connectivity index (χ2v) is 4.17. The maximum absolute atomic E-state index is 13.2. The Morgan fingerprint density at radius 1 is 1.28 bits per heavy atom. The molecule has 6 heteroatoms. The van der Waals surface area contributed by atoms with Crippen LogP contribution in [-0.2, 0) is 4.79 Å². The molecule has 0 bridgehead atoms. The Balaban J connectivity index is 2.62. The van der Waals surface area contributed by atoms with Crippen LogP contribution in [0.25, 0.3) is 0 Å². The van der Waals surface area contributed by atoms with E-state index in [1.165, 1.54) is 0 Å². The van der Waals surface area contributed by atoms with E-state index in [4.69, 9.17) is 5.73 Å². The number of hydrogen-bond donors (Lipinski definition) is 2. The van der Waals surface area contributed by atoms with Gasteiger partial charge < -0.3 is 11.1 Å². The van der Waals surface area contributed by atoms with Crippen molar-refractivity contribution in [3.63, 3.8) is 0 Å². The number of anilines is 1. The van der Waals surface area contributed by atoms with Crippen LogP contribution in [-0.4, -0.2) is 12.5 Å². The molecule has 0 aromatic heterocycles. The zero-order chi connectivity index (χ0) is 13.7. The Kier molecular flexibility index (Phi) is 5.15. The summed E-state index contributed by atoms with van der Waals surface area (Å²) in [4.78, 5) is 11.4. The summed E-state index contributed by atoms with van der Waals surface area (Å²) in [7, 11) is 0. The minimum Gasteiger partial charge on any atom is -0.330 e. The third kappa shape index (κ3) is 4.03. The molecule has 1 aromatic rings. The summed E-state index contributed by atoms with van der Waals surface area (Å²) < 4.78 is 38.7. The molecule has 0 heterocycles. The van der Waals surface area contributed by atoms with Crippen molar-refractivity contribution in [1.82, 2.24) is 0 Å². The number of carbonyl (C=O) groups is 1. The van der Waals surface area contributed by atoms with E-state index in [2.05, 4.69) is 5.32 Å². The van der Waals surface area contributed by atoms with E-state index >= 15 is 0 Å². The summed E-state index contributed by atoms with van der Waals surface area (Å²) in [5.74, 6) is -3.79. The maximum atomic E-state index is 13.2. The summed E-state index contributed by atoms with van der Waals surface area (Å²) in [6, 6.07) is 1.02. The smallest absolute Gasteiger partial charge is 0.224 e. The average molecular weight is 260 g/mol. The Morgan fingerprint density at radius 2 is 1.89 bits per heavy atom. The molecule has 1 atom stereocenters. The van der Waals surface area contributed by atoms with Gasteiger partial charge in [0.25, 0.3) is 0 Å². The van der Waals surface area contributed by atoms with Crippen molar-refractivity contribution >= 4 is 11.6 Å². The third-order valence-corrected chi connectivity index (χ3v) is 2.55. The number of amides is 1. The molecule has 0 aliphatic heterocycles. The fourth-order valence-electron chi connectivity index (χ4n) is 1.33. The van der Waals surface area contributed by atoms with Crippen LogP contribution >= 0.6 is 0 Å². The predicted molar refractivity (Wildman–Crippen MR) is 62.4 cm³/mol. The van der Waals surface area contributed by atoms with Crippen molar-refractivity contribution in [3.8, 4) is 0 Å². The van der Waals surface area contributed by atoms with Gasteiger partial charge in [-0.25, -0.2) is 13.2 Å². The standard InChI is InChI=1S/C12H15F3N2O/c1-7(6-16)2-3-12(18)17-11-5-9(14)8(13)4-10(11)15/h4-5,7H,2-3,6,16H2,1H3,(H,17,18). The van der Waals surface area contributed by atoms with Crippen LogP contribution in [0, 0.1) is 23.4 Å². The lowest BCUT2D eigenvalue weighted by Gasteiger charge is -2.09. The number of halogens is 3. The van der Waals surface area contributed by atoms with Crippen molar-refractivity contribution in [2.75, 3.05) is 11.9 Å². The van der Waals surface area contributed by atoms with Crippen molar-refractivity contribution in [2.24, 2.45) is 11.7 Å². The first-order valence-corrected chi connectivity index (χ1v) is 5.58. The molecule has 1 unspecified atom stereocenters. The number of nitrogens with one attached hydrogen (secondary N) is 1. The zero-order valence-corrected chi connectivity index (χ0v) is 9.97. The molecular weight excluding hydrogens is 245 g/mol. The van der Waals surface area contributed by atoms with Crippen molar-refractivity contribution in [3.05, 3.63) is 29.6 Å². The Labute approximate surface area is 103 Å². The largest absolute Gasteiger partial charge is 0.330 e. The van der Waals surface area contributed by atoms with Gasteiger partial charge in [0.1, 0.15) is 5.82 Å². The van der Waals surface area contributed by atoms with E-state index in [0.29, 0.717) is 25.1 Å². The van der Waals surface area contributed by atoms with Gasteiger partial charge in [0.2, 0.25) is 5.91 Å². The van der Waals surface area contributed by atoms with Gasteiger partial charge in [0.05, 0.1) is 5.69 Å². The van der Waals surface area contributed by atoms with Crippen molar-refractivity contribution in [1.29, 1.82) is 0 Å². The molecule has 1 amide bonds. The second kappa shape index (κ2) is 6.39. The third-order valence-electron chi connectivity index (χ3n) is 2.55. The van der Waals surface area contributed by atoms with Crippen LogP contribution in [0.15, 0.2) is 12.1 Å². The molecule has 0 aliphatic rings. The zero-order valence-electron chi connectivity index (χ0n) is 9.97. The Hall–Kier alpha value is -1.56. The molecule has 3 N–H and O–H groups in total. The van der Waals surface area contributed by atoms with Gasteiger partial charge in [-0.15, -0.1) is 0 Å². The van der Waals surface area contributed by atoms with Crippen LogP contribution in [0.3, 0.4) is 0 Å². The number of benzene rings is 1. The lowest BCUT2D eigenvalue weighted by Crippen LogP contribution is -2.17. The van der Waals surface area contributed by atoms with Gasteiger partial charge in [-0.2, -0.15) is 0 Å². The minimum absolute atomic E-state index is 0.150. The average Bonchev–Trinajstić information content (AvgIpc) is 2.33. The summed E-state index contributed by atoms with van der Waals surface area (Å²) in [6.45, 7) is 2.33. The lowest BCUT2D eigenvalue weighted by atomic mass is 10.1. The van der Waals surface area contributed by atoms with Crippen molar-refractivity contribution in [2.45, 2.75) is 19.8 Å². The van der Waals surface area contributed by atoms with E-state index in [0.717, 1.165) is 0 Å². The SMILES string of the molecule is CC(CN)CCC(=O)Nc1cc(F)c(F)cc1F. The molecule has 1 rings (SSSR count). The van der Waals surface area contributed by atoms with Gasteiger partial charge in [-0.05, 0) is 18.9 Å².